The lowest BCUT2D eigenvalue weighted by Gasteiger charge is -2.05. The number of hydrogen-bond donors (Lipinski definition) is 1. The molecule has 1 heterocycles. The van der Waals surface area contributed by atoms with E-state index in [-0.39, 0.29) is 0 Å². The molecule has 0 spiro atoms. The molecule has 0 saturated heterocycles. The van der Waals surface area contributed by atoms with Crippen molar-refractivity contribution < 1.29 is 0 Å². The molecule has 2 rings (SSSR count). The summed E-state index contributed by atoms with van der Waals surface area (Å²) in [5.74, 6) is 0.676. The van der Waals surface area contributed by atoms with Gasteiger partial charge in [-0.25, -0.2) is 0 Å². The molecule has 0 fully saturated rings. The van der Waals surface area contributed by atoms with Gasteiger partial charge in [0.25, 0.3) is 0 Å². The lowest BCUT2D eigenvalue weighted by atomic mass is 10.1. The van der Waals surface area contributed by atoms with Gasteiger partial charge in [0.2, 0.25) is 0 Å². The molecule has 1 N–H and O–H groups in total. The molecule has 1 atom stereocenters. The average molecular weight is 169 g/mol. The van der Waals surface area contributed by atoms with Crippen molar-refractivity contribution in [2.75, 3.05) is 13.6 Å². The van der Waals surface area contributed by atoms with Crippen LogP contribution in [0.15, 0.2) is 0 Å². The van der Waals surface area contributed by atoms with Gasteiger partial charge in [-0.05, 0) is 31.4 Å². The third-order valence-corrected chi connectivity index (χ3v) is 3.07. The Balaban J connectivity index is 2.18. The van der Waals surface area contributed by atoms with Crippen molar-refractivity contribution in [3.8, 4) is 0 Å². The third kappa shape index (κ3) is 1.16. The zero-order valence-electron chi connectivity index (χ0n) is 6.50. The van der Waals surface area contributed by atoms with Crippen molar-refractivity contribution in [2.24, 2.45) is 0 Å². The zero-order chi connectivity index (χ0) is 7.68. The lowest BCUT2D eigenvalue weighted by Crippen LogP contribution is -2.14. The molecule has 0 radical (unpaired) electrons. The minimum absolute atomic E-state index is 0.676. The summed E-state index contributed by atoms with van der Waals surface area (Å²) < 4.78 is 3.94. The van der Waals surface area contributed by atoms with Crippen LogP contribution in [0.25, 0.3) is 0 Å². The van der Waals surface area contributed by atoms with Crippen LogP contribution in [0.5, 0.6) is 0 Å². The summed E-state index contributed by atoms with van der Waals surface area (Å²) in [6, 6.07) is 0. The van der Waals surface area contributed by atoms with Gasteiger partial charge in [0.15, 0.2) is 0 Å². The molecule has 1 aliphatic rings. The minimum Gasteiger partial charge on any atom is -0.319 e. The molecule has 0 bridgehead atoms. The van der Waals surface area contributed by atoms with E-state index in [1.807, 2.05) is 7.05 Å². The van der Waals surface area contributed by atoms with Crippen LogP contribution >= 0.6 is 11.5 Å². The van der Waals surface area contributed by atoms with E-state index in [9.17, 15) is 0 Å². The maximum Gasteiger partial charge on any atom is 0.0791 e. The largest absolute Gasteiger partial charge is 0.319 e. The first kappa shape index (κ1) is 7.18. The highest BCUT2D eigenvalue weighted by Crippen LogP contribution is 2.33. The van der Waals surface area contributed by atoms with Crippen molar-refractivity contribution in [3.05, 3.63) is 10.6 Å². The molecule has 4 heteroatoms. The standard InChI is InChI=1S/C7H11N3S/c1-8-4-5-2-3-6-7(5)11-10-9-6/h5,8H,2-4H2,1H3. The van der Waals surface area contributed by atoms with Crippen molar-refractivity contribution in [1.82, 2.24) is 14.9 Å². The Hall–Kier alpha value is -0.480. The van der Waals surface area contributed by atoms with Gasteiger partial charge in [-0.2, -0.15) is 0 Å². The van der Waals surface area contributed by atoms with Crippen LogP contribution in [0.3, 0.4) is 0 Å². The Morgan fingerprint density at radius 1 is 1.73 bits per heavy atom. The van der Waals surface area contributed by atoms with Crippen molar-refractivity contribution in [3.63, 3.8) is 0 Å². The van der Waals surface area contributed by atoms with Crippen LogP contribution in [-0.4, -0.2) is 23.2 Å². The summed E-state index contributed by atoms with van der Waals surface area (Å²) in [6.07, 6.45) is 2.37. The molecule has 3 nitrogen and oxygen atoms in total. The van der Waals surface area contributed by atoms with Gasteiger partial charge in [0.05, 0.1) is 10.6 Å². The average Bonchev–Trinajstić information content (AvgIpc) is 2.53. The summed E-state index contributed by atoms with van der Waals surface area (Å²) in [6.45, 7) is 1.07. The van der Waals surface area contributed by atoms with E-state index < -0.39 is 0 Å². The maximum atomic E-state index is 4.07. The maximum absolute atomic E-state index is 4.07. The first-order valence-electron chi connectivity index (χ1n) is 3.87. The van der Waals surface area contributed by atoms with E-state index in [1.54, 1.807) is 11.5 Å². The van der Waals surface area contributed by atoms with Gasteiger partial charge in [0.1, 0.15) is 0 Å². The van der Waals surface area contributed by atoms with Crippen LogP contribution in [0, 0.1) is 0 Å². The van der Waals surface area contributed by atoms with Crippen LogP contribution in [0.2, 0.25) is 0 Å². The molecule has 1 aliphatic carbocycles. The van der Waals surface area contributed by atoms with E-state index in [0.717, 1.165) is 13.0 Å². The molecular weight excluding hydrogens is 158 g/mol. The van der Waals surface area contributed by atoms with Crippen LogP contribution < -0.4 is 5.32 Å². The number of fused-ring (bicyclic) bond motifs is 1. The second-order valence-corrected chi connectivity index (χ2v) is 3.66. The van der Waals surface area contributed by atoms with E-state index in [1.165, 1.54) is 17.0 Å². The number of aryl methyl sites for hydroxylation is 1. The molecule has 1 unspecified atom stereocenters. The quantitative estimate of drug-likeness (QED) is 0.711. The van der Waals surface area contributed by atoms with Gasteiger partial charge in [-0.15, -0.1) is 5.10 Å². The molecule has 0 saturated carbocycles. The highest BCUT2D eigenvalue weighted by atomic mass is 32.1. The predicted octanol–water partition coefficient (Wildman–Crippen LogP) is 0.787. The number of likely N-dealkylation sites (N-methyl/N-ethyl adjacent to an activating group) is 1. The van der Waals surface area contributed by atoms with Gasteiger partial charge in [-0.3, -0.25) is 0 Å². The van der Waals surface area contributed by atoms with Crippen molar-refractivity contribution >= 4 is 11.5 Å². The first-order chi connectivity index (χ1) is 5.42. The summed E-state index contributed by atoms with van der Waals surface area (Å²) in [4.78, 5) is 1.40. The normalized spacial score (nSPS) is 22.1. The molecular formula is C7H11N3S. The molecule has 1 aromatic heterocycles. The summed E-state index contributed by atoms with van der Waals surface area (Å²) in [7, 11) is 1.99. The van der Waals surface area contributed by atoms with Gasteiger partial charge < -0.3 is 5.32 Å². The van der Waals surface area contributed by atoms with E-state index in [4.69, 9.17) is 0 Å². The predicted molar refractivity (Wildman–Crippen MR) is 44.9 cm³/mol. The van der Waals surface area contributed by atoms with E-state index >= 15 is 0 Å². The second kappa shape index (κ2) is 2.87. The Labute approximate surface area is 70.0 Å². The van der Waals surface area contributed by atoms with Crippen molar-refractivity contribution in [2.45, 2.75) is 18.8 Å². The third-order valence-electron chi connectivity index (χ3n) is 2.14. The minimum atomic E-state index is 0.676. The smallest absolute Gasteiger partial charge is 0.0791 e. The Kier molecular flexibility index (Phi) is 1.87. The summed E-state index contributed by atoms with van der Waals surface area (Å²) >= 11 is 1.56. The van der Waals surface area contributed by atoms with Gasteiger partial charge >= 0.3 is 0 Å². The Bertz CT molecular complexity index is 246. The SMILES string of the molecule is CNCC1CCc2nnsc21. The number of rotatable bonds is 2. The summed E-state index contributed by atoms with van der Waals surface area (Å²) in [5, 5.41) is 7.26. The fourth-order valence-corrected chi connectivity index (χ4v) is 2.41. The lowest BCUT2D eigenvalue weighted by molar-refractivity contribution is 0.628. The number of nitrogens with zero attached hydrogens (tertiary/aromatic N) is 2. The molecule has 0 aliphatic heterocycles. The highest BCUT2D eigenvalue weighted by molar-refractivity contribution is 7.05. The fourth-order valence-electron chi connectivity index (χ4n) is 1.58. The van der Waals surface area contributed by atoms with Gasteiger partial charge in [-0.1, -0.05) is 4.49 Å². The molecule has 1 aromatic rings. The molecule has 60 valence electrons. The number of aromatic nitrogens is 2. The molecule has 0 aromatic carbocycles. The zero-order valence-corrected chi connectivity index (χ0v) is 7.32. The van der Waals surface area contributed by atoms with E-state index in [0.29, 0.717) is 5.92 Å². The van der Waals surface area contributed by atoms with Gasteiger partial charge in [0, 0.05) is 12.5 Å². The monoisotopic (exact) mass is 169 g/mol. The van der Waals surface area contributed by atoms with Crippen LogP contribution in [0.4, 0.5) is 0 Å². The number of hydrogen-bond acceptors (Lipinski definition) is 4. The van der Waals surface area contributed by atoms with Crippen LogP contribution in [0.1, 0.15) is 22.9 Å². The fraction of sp³-hybridized carbons (Fsp3) is 0.714. The highest BCUT2D eigenvalue weighted by Gasteiger charge is 2.25. The Morgan fingerprint density at radius 2 is 2.64 bits per heavy atom. The molecule has 11 heavy (non-hydrogen) atoms. The Morgan fingerprint density at radius 3 is 3.45 bits per heavy atom. The van der Waals surface area contributed by atoms with Crippen LogP contribution in [-0.2, 0) is 6.42 Å². The summed E-state index contributed by atoms with van der Waals surface area (Å²) in [5.41, 5.74) is 1.23. The van der Waals surface area contributed by atoms with E-state index in [2.05, 4.69) is 14.9 Å². The number of nitrogens with one attached hydrogen (secondary N) is 1. The topological polar surface area (TPSA) is 37.8 Å². The second-order valence-electron chi connectivity index (χ2n) is 2.88. The van der Waals surface area contributed by atoms with Crippen molar-refractivity contribution in [1.29, 1.82) is 0 Å². The first-order valence-corrected chi connectivity index (χ1v) is 4.65. The molecule has 0 amide bonds.